The molecule has 0 aliphatic heterocycles. The first-order chi connectivity index (χ1) is 6.00. The van der Waals surface area contributed by atoms with E-state index in [1.54, 1.807) is 6.92 Å². The summed E-state index contributed by atoms with van der Waals surface area (Å²) in [6.45, 7) is 2.74. The Morgan fingerprint density at radius 2 is 1.62 bits per heavy atom. The maximum Gasteiger partial charge on any atom is 0.165 e. The largest absolute Gasteiger partial charge is 0.396 e. The molecule has 0 spiro atoms. The highest BCUT2D eigenvalue weighted by Crippen LogP contribution is 2.26. The first kappa shape index (κ1) is 9.89. The van der Waals surface area contributed by atoms with Gasteiger partial charge in [0.1, 0.15) is 0 Å². The summed E-state index contributed by atoms with van der Waals surface area (Å²) in [7, 11) is 0. The Labute approximate surface area is 74.4 Å². The highest BCUT2D eigenvalue weighted by molar-refractivity contribution is 5.52. The van der Waals surface area contributed by atoms with Crippen LogP contribution in [0.25, 0.3) is 0 Å². The Bertz CT molecular complexity index is 318. The van der Waals surface area contributed by atoms with E-state index in [1.807, 2.05) is 0 Å². The molecule has 1 rings (SSSR count). The highest BCUT2D eigenvalue weighted by atomic mass is 19.2. The Hall–Kier alpha value is -1.19. The summed E-state index contributed by atoms with van der Waals surface area (Å²) in [4.78, 5) is 0. The lowest BCUT2D eigenvalue weighted by molar-refractivity contribution is 0.479. The maximum atomic E-state index is 13.1. The van der Waals surface area contributed by atoms with Crippen molar-refractivity contribution in [3.63, 3.8) is 0 Å². The van der Waals surface area contributed by atoms with Crippen molar-refractivity contribution in [1.29, 1.82) is 0 Å². The fourth-order valence-corrected chi connectivity index (χ4v) is 1.19. The van der Waals surface area contributed by atoms with Crippen molar-refractivity contribution in [3.05, 3.63) is 28.6 Å². The number of nitrogens with two attached hydrogens (primary N) is 1. The fourth-order valence-electron chi connectivity index (χ4n) is 1.19. The lowest BCUT2D eigenvalue weighted by atomic mass is 10.1. The van der Waals surface area contributed by atoms with Gasteiger partial charge in [-0.3, -0.25) is 0 Å². The molecule has 0 bridgehead atoms. The van der Waals surface area contributed by atoms with Crippen LogP contribution in [0.4, 0.5) is 18.9 Å². The summed E-state index contributed by atoms with van der Waals surface area (Å²) >= 11 is 0. The van der Waals surface area contributed by atoms with Gasteiger partial charge in [-0.25, -0.2) is 13.2 Å². The van der Waals surface area contributed by atoms with E-state index in [0.29, 0.717) is 0 Å². The monoisotopic (exact) mass is 189 g/mol. The second kappa shape index (κ2) is 3.28. The average molecular weight is 189 g/mol. The Balaban J connectivity index is 3.56. The molecule has 4 heteroatoms. The molecule has 0 saturated heterocycles. The third-order valence-electron chi connectivity index (χ3n) is 2.03. The number of rotatable bonds is 1. The lowest BCUT2D eigenvalue weighted by Crippen LogP contribution is -2.06. The number of halogens is 3. The molecular weight excluding hydrogens is 179 g/mol. The van der Waals surface area contributed by atoms with Crippen molar-refractivity contribution in [3.8, 4) is 0 Å². The van der Waals surface area contributed by atoms with Gasteiger partial charge >= 0.3 is 0 Å². The minimum absolute atomic E-state index is 0.0967. The van der Waals surface area contributed by atoms with Crippen molar-refractivity contribution >= 4 is 5.69 Å². The topological polar surface area (TPSA) is 26.0 Å². The molecule has 0 fully saturated rings. The van der Waals surface area contributed by atoms with E-state index in [9.17, 15) is 13.2 Å². The Morgan fingerprint density at radius 1 is 1.08 bits per heavy atom. The van der Waals surface area contributed by atoms with Crippen molar-refractivity contribution in [2.24, 2.45) is 0 Å². The van der Waals surface area contributed by atoms with Crippen LogP contribution >= 0.6 is 0 Å². The van der Waals surface area contributed by atoms with E-state index in [-0.39, 0.29) is 23.2 Å². The zero-order chi connectivity index (χ0) is 10.2. The second-order valence-electron chi connectivity index (χ2n) is 2.81. The molecule has 0 amide bonds. The van der Waals surface area contributed by atoms with Gasteiger partial charge in [-0.05, 0) is 13.3 Å². The molecule has 1 aromatic carbocycles. The van der Waals surface area contributed by atoms with Crippen LogP contribution in [-0.4, -0.2) is 0 Å². The number of nitrogen functional groups attached to an aromatic ring is 1. The fraction of sp³-hybridized carbons (Fsp3) is 0.333. The molecule has 0 heterocycles. The third kappa shape index (κ3) is 1.36. The molecule has 72 valence electrons. The van der Waals surface area contributed by atoms with Crippen LogP contribution in [0.15, 0.2) is 0 Å². The quantitative estimate of drug-likeness (QED) is 0.533. The molecule has 1 aromatic rings. The molecule has 0 aliphatic rings. The van der Waals surface area contributed by atoms with E-state index >= 15 is 0 Å². The van der Waals surface area contributed by atoms with Crippen LogP contribution in [0.5, 0.6) is 0 Å². The van der Waals surface area contributed by atoms with Gasteiger partial charge in [-0.2, -0.15) is 0 Å². The normalized spacial score (nSPS) is 10.5. The molecule has 0 radical (unpaired) electrons. The minimum atomic E-state index is -1.15. The first-order valence-corrected chi connectivity index (χ1v) is 3.92. The highest BCUT2D eigenvalue weighted by Gasteiger charge is 2.19. The molecule has 13 heavy (non-hydrogen) atoms. The van der Waals surface area contributed by atoms with E-state index in [4.69, 9.17) is 5.73 Å². The van der Waals surface area contributed by atoms with Gasteiger partial charge in [0.25, 0.3) is 0 Å². The molecule has 1 nitrogen and oxygen atoms in total. The predicted molar refractivity (Wildman–Crippen MR) is 44.8 cm³/mol. The minimum Gasteiger partial charge on any atom is -0.396 e. The van der Waals surface area contributed by atoms with E-state index in [2.05, 4.69) is 0 Å². The van der Waals surface area contributed by atoms with Gasteiger partial charge in [0.05, 0.1) is 5.69 Å². The molecule has 0 atom stereocenters. The molecule has 0 aliphatic carbocycles. The van der Waals surface area contributed by atoms with Crippen LogP contribution < -0.4 is 5.73 Å². The summed E-state index contributed by atoms with van der Waals surface area (Å²) in [5, 5.41) is 0. The van der Waals surface area contributed by atoms with Crippen LogP contribution in [0, 0.1) is 24.4 Å². The summed E-state index contributed by atoms with van der Waals surface area (Å²) in [5.74, 6) is -3.06. The van der Waals surface area contributed by atoms with Crippen molar-refractivity contribution in [1.82, 2.24) is 0 Å². The second-order valence-corrected chi connectivity index (χ2v) is 2.81. The number of hydrogen-bond donors (Lipinski definition) is 1. The van der Waals surface area contributed by atoms with Crippen LogP contribution in [0.3, 0.4) is 0 Å². The van der Waals surface area contributed by atoms with Crippen LogP contribution in [-0.2, 0) is 6.42 Å². The van der Waals surface area contributed by atoms with E-state index < -0.39 is 17.5 Å². The van der Waals surface area contributed by atoms with Crippen LogP contribution in [0.2, 0.25) is 0 Å². The Morgan fingerprint density at radius 3 is 2.08 bits per heavy atom. The first-order valence-electron chi connectivity index (χ1n) is 3.92. The summed E-state index contributed by atoms with van der Waals surface area (Å²) < 4.78 is 39.1. The average Bonchev–Trinajstić information content (AvgIpc) is 2.13. The van der Waals surface area contributed by atoms with Gasteiger partial charge in [-0.1, -0.05) is 6.92 Å². The number of hydrogen-bond acceptors (Lipinski definition) is 1. The molecule has 2 N–H and O–H groups in total. The van der Waals surface area contributed by atoms with Gasteiger partial charge in [-0.15, -0.1) is 0 Å². The summed E-state index contributed by atoms with van der Waals surface area (Å²) in [5.41, 5.74) is 4.52. The molecule has 0 aromatic heterocycles. The molecule has 0 saturated carbocycles. The smallest absolute Gasteiger partial charge is 0.165 e. The van der Waals surface area contributed by atoms with Crippen LogP contribution in [0.1, 0.15) is 18.1 Å². The molecule has 0 unspecified atom stereocenters. The third-order valence-corrected chi connectivity index (χ3v) is 2.03. The Kier molecular flexibility index (Phi) is 2.50. The van der Waals surface area contributed by atoms with Gasteiger partial charge in [0.15, 0.2) is 17.5 Å². The SMILES string of the molecule is CCc1c(N)c(F)c(C)c(F)c1F. The van der Waals surface area contributed by atoms with Crippen molar-refractivity contribution in [2.75, 3.05) is 5.73 Å². The lowest BCUT2D eigenvalue weighted by Gasteiger charge is -2.09. The molecular formula is C9H10F3N. The van der Waals surface area contributed by atoms with Crippen molar-refractivity contribution in [2.45, 2.75) is 20.3 Å². The van der Waals surface area contributed by atoms with Gasteiger partial charge in [0.2, 0.25) is 0 Å². The number of anilines is 1. The van der Waals surface area contributed by atoms with Gasteiger partial charge in [0, 0.05) is 11.1 Å². The zero-order valence-corrected chi connectivity index (χ0v) is 7.42. The standard InChI is InChI=1S/C9H10F3N/c1-3-5-8(12)6(10)4(2)7(11)9(5)13/h3,13H2,1-2H3. The predicted octanol–water partition coefficient (Wildman–Crippen LogP) is 2.56. The summed E-state index contributed by atoms with van der Waals surface area (Å²) in [6, 6.07) is 0. The summed E-state index contributed by atoms with van der Waals surface area (Å²) in [6.07, 6.45) is 0.172. The van der Waals surface area contributed by atoms with E-state index in [0.717, 1.165) is 6.92 Å². The number of benzene rings is 1. The maximum absolute atomic E-state index is 13.1. The zero-order valence-electron chi connectivity index (χ0n) is 7.42. The van der Waals surface area contributed by atoms with Crippen molar-refractivity contribution < 1.29 is 13.2 Å². The van der Waals surface area contributed by atoms with Gasteiger partial charge < -0.3 is 5.73 Å². The van der Waals surface area contributed by atoms with E-state index in [1.165, 1.54) is 0 Å².